The first-order valence-corrected chi connectivity index (χ1v) is 6.40. The van der Waals surface area contributed by atoms with Gasteiger partial charge < -0.3 is 15.5 Å². The molecule has 1 aliphatic carbocycles. The molecule has 0 aliphatic heterocycles. The van der Waals surface area contributed by atoms with Crippen LogP contribution in [0.25, 0.3) is 0 Å². The van der Waals surface area contributed by atoms with Gasteiger partial charge in [0.05, 0.1) is 0 Å². The van der Waals surface area contributed by atoms with E-state index in [0.29, 0.717) is 12.8 Å². The summed E-state index contributed by atoms with van der Waals surface area (Å²) in [5, 5.41) is 18.6. The average molecular weight is 310 g/mol. The molecule has 6 nitrogen and oxygen atoms in total. The van der Waals surface area contributed by atoms with E-state index in [0.717, 1.165) is 6.42 Å². The fraction of sp³-hybridized carbons (Fsp3) is 0.545. The summed E-state index contributed by atoms with van der Waals surface area (Å²) in [7, 11) is 0. The van der Waals surface area contributed by atoms with Gasteiger partial charge in [-0.1, -0.05) is 42.5 Å². The smallest absolute Gasteiger partial charge is 0.349 e. The molecule has 8 heteroatoms. The van der Waals surface area contributed by atoms with E-state index in [1.807, 2.05) is 0 Å². The van der Waals surface area contributed by atoms with E-state index in [4.69, 9.17) is 28.3 Å². The molecule has 19 heavy (non-hydrogen) atoms. The van der Waals surface area contributed by atoms with Crippen molar-refractivity contribution in [3.8, 4) is 0 Å². The van der Waals surface area contributed by atoms with Gasteiger partial charge >= 0.3 is 11.9 Å². The normalized spacial score (nSPS) is 19.3. The van der Waals surface area contributed by atoms with Crippen molar-refractivity contribution in [3.05, 3.63) is 10.1 Å². The molecule has 0 heterocycles. The molecule has 0 aromatic carbocycles. The van der Waals surface area contributed by atoms with Gasteiger partial charge in [0.15, 0.2) is 0 Å². The predicted octanol–water partition coefficient (Wildman–Crippen LogP) is 1.66. The Bertz CT molecular complexity index is 440. The van der Waals surface area contributed by atoms with Gasteiger partial charge in [0.1, 0.15) is 15.6 Å². The zero-order chi connectivity index (χ0) is 14.6. The molecule has 1 aliphatic rings. The number of rotatable bonds is 4. The van der Waals surface area contributed by atoms with Crippen LogP contribution in [0.15, 0.2) is 10.1 Å². The van der Waals surface area contributed by atoms with Crippen molar-refractivity contribution < 1.29 is 24.6 Å². The molecular formula is C11H13Cl2NO5. The highest BCUT2D eigenvalue weighted by Gasteiger charge is 2.41. The van der Waals surface area contributed by atoms with Crippen LogP contribution in [0.2, 0.25) is 0 Å². The monoisotopic (exact) mass is 309 g/mol. The zero-order valence-corrected chi connectivity index (χ0v) is 11.4. The van der Waals surface area contributed by atoms with E-state index < -0.39 is 33.4 Å². The highest BCUT2D eigenvalue weighted by atomic mass is 35.5. The van der Waals surface area contributed by atoms with Crippen LogP contribution in [0.1, 0.15) is 32.1 Å². The summed E-state index contributed by atoms with van der Waals surface area (Å²) >= 11 is 10.9. The van der Waals surface area contributed by atoms with E-state index >= 15 is 0 Å². The molecule has 0 spiro atoms. The van der Waals surface area contributed by atoms with Gasteiger partial charge in [-0.25, -0.2) is 9.59 Å². The Kier molecular flexibility index (Phi) is 5.20. The minimum absolute atomic E-state index is 0.281. The molecule has 0 unspecified atom stereocenters. The molecule has 106 valence electrons. The molecule has 0 atom stereocenters. The fourth-order valence-corrected chi connectivity index (χ4v) is 2.23. The molecular weight excluding hydrogens is 297 g/mol. The largest absolute Gasteiger partial charge is 0.480 e. The Morgan fingerprint density at radius 2 is 1.47 bits per heavy atom. The number of carbonyl (C=O) groups is 3. The number of carbonyl (C=O) groups excluding carboxylic acids is 1. The Labute approximate surface area is 119 Å². The molecule has 0 bridgehead atoms. The van der Waals surface area contributed by atoms with Gasteiger partial charge in [-0.15, -0.1) is 0 Å². The predicted molar refractivity (Wildman–Crippen MR) is 68.0 cm³/mol. The van der Waals surface area contributed by atoms with E-state index in [1.165, 1.54) is 0 Å². The van der Waals surface area contributed by atoms with Crippen LogP contribution in [0.4, 0.5) is 0 Å². The highest BCUT2D eigenvalue weighted by molar-refractivity contribution is 6.53. The maximum Gasteiger partial charge on any atom is 0.349 e. The summed E-state index contributed by atoms with van der Waals surface area (Å²) in [5.74, 6) is -3.69. The third kappa shape index (κ3) is 3.61. The lowest BCUT2D eigenvalue weighted by Gasteiger charge is -2.33. The van der Waals surface area contributed by atoms with Gasteiger partial charge in [0.25, 0.3) is 5.91 Å². The average Bonchev–Trinajstić information content (AvgIpc) is 2.37. The molecule has 1 saturated carbocycles. The van der Waals surface area contributed by atoms with Gasteiger partial charge in [0, 0.05) is 0 Å². The first-order chi connectivity index (χ1) is 8.80. The fourth-order valence-electron chi connectivity index (χ4n) is 2.01. The second-order valence-corrected chi connectivity index (χ2v) is 5.09. The summed E-state index contributed by atoms with van der Waals surface area (Å²) in [6, 6.07) is 0. The summed E-state index contributed by atoms with van der Waals surface area (Å²) in [5.41, 5.74) is -1.40. The third-order valence-electron chi connectivity index (χ3n) is 3.05. The highest BCUT2D eigenvalue weighted by Crippen LogP contribution is 2.29. The standard InChI is InChI=1S/C11H13Cl2NO5/c12-6(7(13)9(16)17)8(15)14-11(10(18)19)4-2-1-3-5-11/h1-5H2,(H,14,15)(H,16,17)(H,18,19). The minimum Gasteiger partial charge on any atom is -0.480 e. The summed E-state index contributed by atoms with van der Waals surface area (Å²) < 4.78 is 0. The molecule has 3 N–H and O–H groups in total. The number of carboxylic acids is 2. The number of amides is 1. The van der Waals surface area contributed by atoms with Crippen LogP contribution in [0, 0.1) is 0 Å². The quantitative estimate of drug-likeness (QED) is 0.685. The van der Waals surface area contributed by atoms with Crippen LogP contribution >= 0.6 is 23.2 Å². The summed E-state index contributed by atoms with van der Waals surface area (Å²) in [6.45, 7) is 0. The molecule has 1 rings (SSSR count). The number of hydrogen-bond acceptors (Lipinski definition) is 3. The van der Waals surface area contributed by atoms with Crippen molar-refractivity contribution in [2.24, 2.45) is 0 Å². The van der Waals surface area contributed by atoms with Gasteiger partial charge in [-0.2, -0.15) is 0 Å². The van der Waals surface area contributed by atoms with Crippen LogP contribution in [-0.2, 0) is 14.4 Å². The minimum atomic E-state index is -1.55. The maximum absolute atomic E-state index is 11.8. The van der Waals surface area contributed by atoms with Crippen LogP contribution in [0.5, 0.6) is 0 Å². The molecule has 0 saturated heterocycles. The lowest BCUT2D eigenvalue weighted by Crippen LogP contribution is -2.55. The van der Waals surface area contributed by atoms with E-state index in [9.17, 15) is 19.5 Å². The van der Waals surface area contributed by atoms with Crippen LogP contribution in [0.3, 0.4) is 0 Å². The molecule has 1 fully saturated rings. The van der Waals surface area contributed by atoms with Crippen molar-refractivity contribution in [2.75, 3.05) is 0 Å². The number of carboxylic acid groups (broad SMARTS) is 2. The van der Waals surface area contributed by atoms with Crippen molar-refractivity contribution >= 4 is 41.0 Å². The zero-order valence-electron chi connectivity index (χ0n) is 9.91. The first kappa shape index (κ1) is 15.8. The molecule has 0 aromatic heterocycles. The van der Waals surface area contributed by atoms with Crippen molar-refractivity contribution in [1.29, 1.82) is 0 Å². The van der Waals surface area contributed by atoms with Crippen LogP contribution < -0.4 is 5.32 Å². The molecule has 1 amide bonds. The lowest BCUT2D eigenvalue weighted by molar-refractivity contribution is -0.148. The Hall–Kier alpha value is -1.27. The third-order valence-corrected chi connectivity index (χ3v) is 3.86. The Morgan fingerprint density at radius 3 is 1.89 bits per heavy atom. The first-order valence-electron chi connectivity index (χ1n) is 5.64. The van der Waals surface area contributed by atoms with Crippen LogP contribution in [-0.4, -0.2) is 33.6 Å². The van der Waals surface area contributed by atoms with Crippen molar-refractivity contribution in [1.82, 2.24) is 5.32 Å². The van der Waals surface area contributed by atoms with Gasteiger partial charge in [0.2, 0.25) is 0 Å². The van der Waals surface area contributed by atoms with Gasteiger partial charge in [-0.05, 0) is 12.8 Å². The number of aliphatic carboxylic acids is 2. The molecule has 0 radical (unpaired) electrons. The van der Waals surface area contributed by atoms with Crippen molar-refractivity contribution in [3.63, 3.8) is 0 Å². The van der Waals surface area contributed by atoms with Gasteiger partial charge in [-0.3, -0.25) is 4.79 Å². The summed E-state index contributed by atoms with van der Waals surface area (Å²) in [6.07, 6.45) is 2.79. The second-order valence-electron chi connectivity index (χ2n) is 4.34. The Balaban J connectivity index is 2.92. The number of hydrogen-bond donors (Lipinski definition) is 3. The lowest BCUT2D eigenvalue weighted by atomic mass is 9.81. The van der Waals surface area contributed by atoms with E-state index in [-0.39, 0.29) is 12.8 Å². The summed E-state index contributed by atoms with van der Waals surface area (Å²) in [4.78, 5) is 33.7. The topological polar surface area (TPSA) is 104 Å². The SMILES string of the molecule is O=C(O)C(Cl)=C(Cl)C(=O)NC1(C(=O)O)CCCCC1. The van der Waals surface area contributed by atoms with E-state index in [1.54, 1.807) is 0 Å². The second kappa shape index (κ2) is 6.25. The van der Waals surface area contributed by atoms with Crippen molar-refractivity contribution in [2.45, 2.75) is 37.6 Å². The van der Waals surface area contributed by atoms with E-state index in [2.05, 4.69) is 5.32 Å². The maximum atomic E-state index is 11.8. The molecule has 0 aromatic rings. The number of halogens is 2. The Morgan fingerprint density at radius 1 is 0.947 bits per heavy atom. The number of nitrogens with one attached hydrogen (secondary N) is 1.